The number of hydrogen-bond donors (Lipinski definition) is 1. The van der Waals surface area contributed by atoms with E-state index in [1.165, 1.54) is 4.57 Å². The van der Waals surface area contributed by atoms with Crippen LogP contribution in [0.2, 0.25) is 0 Å². The number of nitrogens with one attached hydrogen (secondary N) is 1. The van der Waals surface area contributed by atoms with Crippen molar-refractivity contribution in [3.63, 3.8) is 0 Å². The minimum absolute atomic E-state index is 0.173. The Hall–Kier alpha value is -2.87. The monoisotopic (exact) mass is 342 g/mol. The number of oxazole rings is 1. The van der Waals surface area contributed by atoms with Gasteiger partial charge in [-0.1, -0.05) is 6.07 Å². The lowest BCUT2D eigenvalue weighted by Gasteiger charge is -2.20. The number of carbonyl (C=O) groups excluding carboxylic acids is 1. The number of aryl methyl sites for hydroxylation is 2. The summed E-state index contributed by atoms with van der Waals surface area (Å²) in [5, 5.41) is 7.16. The van der Waals surface area contributed by atoms with Crippen LogP contribution in [0.1, 0.15) is 28.6 Å². The summed E-state index contributed by atoms with van der Waals surface area (Å²) in [7, 11) is 3.45. The number of rotatable bonds is 3. The fourth-order valence-corrected chi connectivity index (χ4v) is 3.27. The second-order valence-electron chi connectivity index (χ2n) is 6.12. The predicted octanol–water partition coefficient (Wildman–Crippen LogP) is 1.12. The van der Waals surface area contributed by atoms with E-state index < -0.39 is 5.76 Å². The molecule has 1 aliphatic heterocycles. The zero-order valence-electron chi connectivity index (χ0n) is 13.9. The first kappa shape index (κ1) is 15.6. The van der Waals surface area contributed by atoms with Crippen LogP contribution in [0.4, 0.5) is 0 Å². The molecule has 0 aliphatic carbocycles. The Labute approximate surface area is 143 Å². The highest BCUT2D eigenvalue weighted by Gasteiger charge is 2.33. The Bertz CT molecular complexity index is 1000. The van der Waals surface area contributed by atoms with Crippen molar-refractivity contribution in [2.45, 2.75) is 18.6 Å². The van der Waals surface area contributed by atoms with Crippen LogP contribution >= 0.6 is 0 Å². The van der Waals surface area contributed by atoms with Crippen molar-refractivity contribution in [1.82, 2.24) is 19.7 Å². The van der Waals surface area contributed by atoms with Crippen molar-refractivity contribution in [2.24, 2.45) is 14.1 Å². The minimum atomic E-state index is -0.493. The smallest absolute Gasteiger partial charge is 0.407 e. The molecule has 3 aromatic rings. The molecule has 1 aliphatic rings. The molecule has 130 valence electrons. The van der Waals surface area contributed by atoms with Crippen LogP contribution in [0.15, 0.2) is 39.7 Å². The average molecular weight is 342 g/mol. The van der Waals surface area contributed by atoms with Gasteiger partial charge in [0.1, 0.15) is 6.10 Å². The number of hydrogen-bond acceptors (Lipinski definition) is 5. The highest BCUT2D eigenvalue weighted by Crippen LogP contribution is 2.29. The summed E-state index contributed by atoms with van der Waals surface area (Å²) in [4.78, 5) is 24.5. The SMILES string of the molecule is Cn1nccc1[C@H]1OCC[C@@H]1NC(=O)c1cccc2c1oc(=O)n2C. The first-order valence-corrected chi connectivity index (χ1v) is 8.05. The van der Waals surface area contributed by atoms with Crippen molar-refractivity contribution in [3.05, 3.63) is 52.3 Å². The number of carbonyl (C=O) groups is 1. The molecule has 0 radical (unpaired) electrons. The van der Waals surface area contributed by atoms with E-state index in [9.17, 15) is 9.59 Å². The molecular formula is C17H18N4O4. The minimum Gasteiger partial charge on any atom is -0.407 e. The number of aromatic nitrogens is 3. The van der Waals surface area contributed by atoms with Crippen LogP contribution < -0.4 is 11.1 Å². The van der Waals surface area contributed by atoms with Crippen molar-refractivity contribution in [1.29, 1.82) is 0 Å². The molecule has 8 nitrogen and oxygen atoms in total. The Morgan fingerprint density at radius 1 is 1.32 bits per heavy atom. The van der Waals surface area contributed by atoms with Gasteiger partial charge in [-0.05, 0) is 24.6 Å². The molecule has 25 heavy (non-hydrogen) atoms. The lowest BCUT2D eigenvalue weighted by molar-refractivity contribution is 0.0793. The van der Waals surface area contributed by atoms with Gasteiger partial charge in [0.25, 0.3) is 5.91 Å². The zero-order chi connectivity index (χ0) is 17.6. The van der Waals surface area contributed by atoms with Gasteiger partial charge in [-0.2, -0.15) is 5.10 Å². The number of amides is 1. The first-order valence-electron chi connectivity index (χ1n) is 8.05. The van der Waals surface area contributed by atoms with Gasteiger partial charge in [0.15, 0.2) is 5.58 Å². The topological polar surface area (TPSA) is 91.3 Å². The second-order valence-corrected chi connectivity index (χ2v) is 6.12. The maximum Gasteiger partial charge on any atom is 0.419 e. The van der Waals surface area contributed by atoms with E-state index >= 15 is 0 Å². The molecule has 0 saturated carbocycles. The summed E-state index contributed by atoms with van der Waals surface area (Å²) < 4.78 is 14.1. The van der Waals surface area contributed by atoms with Gasteiger partial charge in [0.2, 0.25) is 0 Å². The number of ether oxygens (including phenoxy) is 1. The number of para-hydroxylation sites is 1. The van der Waals surface area contributed by atoms with Crippen molar-refractivity contribution in [3.8, 4) is 0 Å². The van der Waals surface area contributed by atoms with Crippen molar-refractivity contribution < 1.29 is 13.9 Å². The third-order valence-electron chi connectivity index (χ3n) is 4.62. The molecule has 8 heteroatoms. The molecule has 1 fully saturated rings. The Balaban J connectivity index is 1.63. The molecule has 3 heterocycles. The van der Waals surface area contributed by atoms with E-state index in [1.807, 2.05) is 13.1 Å². The number of fused-ring (bicyclic) bond motifs is 1. The number of nitrogens with zero attached hydrogens (tertiary/aromatic N) is 3. The third-order valence-corrected chi connectivity index (χ3v) is 4.62. The molecule has 0 spiro atoms. The largest absolute Gasteiger partial charge is 0.419 e. The van der Waals surface area contributed by atoms with Crippen LogP contribution in [0, 0.1) is 0 Å². The normalized spacial score (nSPS) is 20.2. The summed E-state index contributed by atoms with van der Waals surface area (Å²) in [6, 6.07) is 6.83. The Morgan fingerprint density at radius 2 is 2.16 bits per heavy atom. The highest BCUT2D eigenvalue weighted by atomic mass is 16.5. The quantitative estimate of drug-likeness (QED) is 0.770. The fourth-order valence-electron chi connectivity index (χ4n) is 3.27. The van der Waals surface area contributed by atoms with Gasteiger partial charge in [-0.15, -0.1) is 0 Å². The van der Waals surface area contributed by atoms with E-state index in [2.05, 4.69) is 10.4 Å². The van der Waals surface area contributed by atoms with Gasteiger partial charge in [0, 0.05) is 26.9 Å². The lowest BCUT2D eigenvalue weighted by Crippen LogP contribution is -2.37. The van der Waals surface area contributed by atoms with Crippen LogP contribution in [-0.2, 0) is 18.8 Å². The van der Waals surface area contributed by atoms with E-state index in [1.54, 1.807) is 36.1 Å². The van der Waals surface area contributed by atoms with E-state index in [-0.39, 0.29) is 18.1 Å². The molecular weight excluding hydrogens is 324 g/mol. The molecule has 1 amide bonds. The average Bonchev–Trinajstić information content (AvgIpc) is 3.28. The van der Waals surface area contributed by atoms with Gasteiger partial charge in [0.05, 0.1) is 22.8 Å². The molecule has 0 bridgehead atoms. The Morgan fingerprint density at radius 3 is 2.92 bits per heavy atom. The third kappa shape index (κ3) is 2.54. The molecule has 1 saturated heterocycles. The van der Waals surface area contributed by atoms with Gasteiger partial charge >= 0.3 is 5.76 Å². The second kappa shape index (κ2) is 5.89. The molecule has 0 unspecified atom stereocenters. The maximum absolute atomic E-state index is 12.8. The highest BCUT2D eigenvalue weighted by molar-refractivity contribution is 6.04. The van der Waals surface area contributed by atoms with Gasteiger partial charge in [-0.3, -0.25) is 14.0 Å². The summed E-state index contributed by atoms with van der Waals surface area (Å²) >= 11 is 0. The molecule has 2 aromatic heterocycles. The molecule has 2 atom stereocenters. The zero-order valence-corrected chi connectivity index (χ0v) is 13.9. The summed E-state index contributed by atoms with van der Waals surface area (Å²) in [5.74, 6) is -0.783. The predicted molar refractivity (Wildman–Crippen MR) is 89.2 cm³/mol. The lowest BCUT2D eigenvalue weighted by atomic mass is 10.1. The summed E-state index contributed by atoms with van der Waals surface area (Å²) in [5.41, 5.74) is 2.13. The molecule has 4 rings (SSSR count). The Kier molecular flexibility index (Phi) is 3.69. The van der Waals surface area contributed by atoms with Crippen LogP contribution in [0.5, 0.6) is 0 Å². The standard InChI is InChI=1S/C17H18N4O4/c1-20-12-5-3-4-10(14(12)25-17(20)23)16(22)19-11-7-9-24-15(11)13-6-8-18-21(13)2/h3-6,8,11,15H,7,9H2,1-2H3,(H,19,22)/t11-,15-/m0/s1. The van der Waals surface area contributed by atoms with E-state index in [0.717, 1.165) is 5.69 Å². The van der Waals surface area contributed by atoms with Crippen LogP contribution in [0.3, 0.4) is 0 Å². The van der Waals surface area contributed by atoms with Gasteiger partial charge < -0.3 is 14.5 Å². The fraction of sp³-hybridized carbons (Fsp3) is 0.353. The summed E-state index contributed by atoms with van der Waals surface area (Å²) in [6.45, 7) is 0.561. The van der Waals surface area contributed by atoms with E-state index in [0.29, 0.717) is 29.7 Å². The van der Waals surface area contributed by atoms with Crippen LogP contribution in [-0.4, -0.2) is 32.9 Å². The number of benzene rings is 1. The van der Waals surface area contributed by atoms with Crippen molar-refractivity contribution >= 4 is 17.0 Å². The molecule has 1 N–H and O–H groups in total. The summed E-state index contributed by atoms with van der Waals surface area (Å²) in [6.07, 6.45) is 2.16. The van der Waals surface area contributed by atoms with Crippen LogP contribution in [0.25, 0.3) is 11.1 Å². The van der Waals surface area contributed by atoms with Crippen molar-refractivity contribution in [2.75, 3.05) is 6.61 Å². The van der Waals surface area contributed by atoms with Gasteiger partial charge in [-0.25, -0.2) is 4.79 Å². The first-order chi connectivity index (χ1) is 12.1. The van der Waals surface area contributed by atoms with E-state index in [4.69, 9.17) is 9.15 Å². The maximum atomic E-state index is 12.8. The molecule has 1 aromatic carbocycles.